The highest BCUT2D eigenvalue weighted by atomic mass is 79.9. The van der Waals surface area contributed by atoms with Gasteiger partial charge in [-0.25, -0.2) is 0 Å². The maximum Gasteiger partial charge on any atom is 0.0606 e. The van der Waals surface area contributed by atoms with E-state index in [0.717, 1.165) is 15.1 Å². The lowest BCUT2D eigenvalue weighted by molar-refractivity contribution is 0.220. The van der Waals surface area contributed by atoms with Crippen LogP contribution in [0.3, 0.4) is 0 Å². The summed E-state index contributed by atoms with van der Waals surface area (Å²) in [6, 6.07) is 5.72. The Morgan fingerprint density at radius 3 is 2.92 bits per heavy atom. The molecule has 0 spiro atoms. The monoisotopic (exact) mass is 261 g/mol. The van der Waals surface area contributed by atoms with Gasteiger partial charge in [0.25, 0.3) is 0 Å². The Bertz CT molecular complexity index is 291. The third kappa shape index (κ3) is 3.58. The number of nitrogen functional groups attached to an aromatic ring is 1. The van der Waals surface area contributed by atoms with Crippen LogP contribution < -0.4 is 5.73 Å². The number of rotatable bonds is 3. The van der Waals surface area contributed by atoms with Crippen molar-refractivity contribution in [2.24, 2.45) is 0 Å². The number of nitrogens with two attached hydrogens (primary N) is 1. The third-order valence-electron chi connectivity index (χ3n) is 1.46. The predicted octanol–water partition coefficient (Wildman–Crippen LogP) is 2.50. The smallest absolute Gasteiger partial charge is 0.0606 e. The number of benzene rings is 1. The van der Waals surface area contributed by atoms with Crippen molar-refractivity contribution < 1.29 is 5.11 Å². The van der Waals surface area contributed by atoms with E-state index in [2.05, 4.69) is 15.9 Å². The van der Waals surface area contributed by atoms with Crippen molar-refractivity contribution in [1.29, 1.82) is 0 Å². The molecule has 0 aliphatic rings. The van der Waals surface area contributed by atoms with Gasteiger partial charge < -0.3 is 10.8 Å². The first-order valence-corrected chi connectivity index (χ1v) is 5.73. The van der Waals surface area contributed by atoms with E-state index in [4.69, 9.17) is 10.8 Å². The van der Waals surface area contributed by atoms with Crippen molar-refractivity contribution in [3.05, 3.63) is 22.7 Å². The minimum atomic E-state index is -0.302. The van der Waals surface area contributed by atoms with E-state index in [1.807, 2.05) is 18.2 Å². The molecular formula is C9H12BrNOS. The lowest BCUT2D eigenvalue weighted by atomic mass is 10.3. The third-order valence-corrected chi connectivity index (χ3v) is 3.26. The molecule has 2 nitrogen and oxygen atoms in total. The van der Waals surface area contributed by atoms with E-state index in [-0.39, 0.29) is 6.10 Å². The summed E-state index contributed by atoms with van der Waals surface area (Å²) in [6.07, 6.45) is -0.302. The van der Waals surface area contributed by atoms with E-state index >= 15 is 0 Å². The molecule has 4 heteroatoms. The molecule has 3 N–H and O–H groups in total. The van der Waals surface area contributed by atoms with Gasteiger partial charge in [0.2, 0.25) is 0 Å². The zero-order chi connectivity index (χ0) is 9.84. The molecule has 1 aromatic carbocycles. The predicted molar refractivity (Wildman–Crippen MR) is 61.0 cm³/mol. The quantitative estimate of drug-likeness (QED) is 0.650. The summed E-state index contributed by atoms with van der Waals surface area (Å²) < 4.78 is 1.01. The molecule has 1 rings (SSSR count). The number of hydrogen-bond donors (Lipinski definition) is 2. The van der Waals surface area contributed by atoms with Gasteiger partial charge in [0.15, 0.2) is 0 Å². The highest BCUT2D eigenvalue weighted by Gasteiger charge is 2.02. The van der Waals surface area contributed by atoms with E-state index in [9.17, 15) is 0 Å². The zero-order valence-corrected chi connectivity index (χ0v) is 9.73. The molecule has 0 radical (unpaired) electrons. The fraction of sp³-hybridized carbons (Fsp3) is 0.333. The van der Waals surface area contributed by atoms with Crippen LogP contribution in [0, 0.1) is 0 Å². The van der Waals surface area contributed by atoms with E-state index in [1.165, 1.54) is 0 Å². The first-order chi connectivity index (χ1) is 6.09. The van der Waals surface area contributed by atoms with Crippen molar-refractivity contribution in [3.8, 4) is 0 Å². The van der Waals surface area contributed by atoms with Crippen LogP contribution in [-0.2, 0) is 0 Å². The second kappa shape index (κ2) is 4.88. The molecule has 0 saturated carbocycles. The molecule has 0 bridgehead atoms. The van der Waals surface area contributed by atoms with Crippen LogP contribution in [0.15, 0.2) is 27.6 Å². The fourth-order valence-corrected chi connectivity index (χ4v) is 2.22. The Labute approximate surface area is 90.7 Å². The zero-order valence-electron chi connectivity index (χ0n) is 7.33. The minimum absolute atomic E-state index is 0.302. The van der Waals surface area contributed by atoms with Crippen LogP contribution in [-0.4, -0.2) is 17.0 Å². The SMILES string of the molecule is CC(O)CSc1cc(Br)ccc1N. The van der Waals surface area contributed by atoms with Crippen LogP contribution in [0.5, 0.6) is 0 Å². The van der Waals surface area contributed by atoms with Gasteiger partial charge in [-0.1, -0.05) is 15.9 Å². The Morgan fingerprint density at radius 1 is 1.62 bits per heavy atom. The molecule has 1 aromatic rings. The fourth-order valence-electron chi connectivity index (χ4n) is 0.844. The minimum Gasteiger partial charge on any atom is -0.398 e. The summed E-state index contributed by atoms with van der Waals surface area (Å²) in [4.78, 5) is 1.01. The summed E-state index contributed by atoms with van der Waals surface area (Å²) in [6.45, 7) is 1.77. The van der Waals surface area contributed by atoms with Gasteiger partial charge in [-0.3, -0.25) is 0 Å². The topological polar surface area (TPSA) is 46.2 Å². The van der Waals surface area contributed by atoms with Crippen molar-refractivity contribution in [2.45, 2.75) is 17.9 Å². The Balaban J connectivity index is 2.70. The average molecular weight is 262 g/mol. The standard InChI is InChI=1S/C9H12BrNOS/c1-6(12)5-13-9-4-7(10)2-3-8(9)11/h2-4,6,12H,5,11H2,1H3. The van der Waals surface area contributed by atoms with Crippen LogP contribution in [0.2, 0.25) is 0 Å². The summed E-state index contributed by atoms with van der Waals surface area (Å²) in [5, 5.41) is 9.10. The van der Waals surface area contributed by atoms with Crippen LogP contribution in [0.1, 0.15) is 6.92 Å². The van der Waals surface area contributed by atoms with Gasteiger partial charge in [0.05, 0.1) is 6.10 Å². The number of hydrogen-bond acceptors (Lipinski definition) is 3. The van der Waals surface area contributed by atoms with Crippen LogP contribution >= 0.6 is 27.7 Å². The number of halogens is 1. The first kappa shape index (κ1) is 10.9. The number of anilines is 1. The summed E-state index contributed by atoms with van der Waals surface area (Å²) in [7, 11) is 0. The molecule has 0 aromatic heterocycles. The first-order valence-electron chi connectivity index (χ1n) is 3.95. The van der Waals surface area contributed by atoms with Crippen molar-refractivity contribution in [1.82, 2.24) is 0 Å². The summed E-state index contributed by atoms with van der Waals surface area (Å²) >= 11 is 4.94. The summed E-state index contributed by atoms with van der Waals surface area (Å²) in [5.74, 6) is 0.667. The molecular weight excluding hydrogens is 250 g/mol. The van der Waals surface area contributed by atoms with Gasteiger partial charge in [0.1, 0.15) is 0 Å². The Morgan fingerprint density at radius 2 is 2.31 bits per heavy atom. The van der Waals surface area contributed by atoms with Crippen molar-refractivity contribution in [3.63, 3.8) is 0 Å². The van der Waals surface area contributed by atoms with Gasteiger partial charge >= 0.3 is 0 Å². The average Bonchev–Trinajstić information content (AvgIpc) is 2.06. The van der Waals surface area contributed by atoms with E-state index in [0.29, 0.717) is 5.75 Å². The highest BCUT2D eigenvalue weighted by Crippen LogP contribution is 2.28. The van der Waals surface area contributed by atoms with Gasteiger partial charge in [-0.05, 0) is 25.1 Å². The number of aliphatic hydroxyl groups excluding tert-OH is 1. The normalized spacial score (nSPS) is 12.8. The highest BCUT2D eigenvalue weighted by molar-refractivity contribution is 9.10. The maximum absolute atomic E-state index is 9.10. The maximum atomic E-state index is 9.10. The second-order valence-electron chi connectivity index (χ2n) is 2.84. The van der Waals surface area contributed by atoms with E-state index < -0.39 is 0 Å². The summed E-state index contributed by atoms with van der Waals surface area (Å²) in [5.41, 5.74) is 6.51. The van der Waals surface area contributed by atoms with Crippen molar-refractivity contribution in [2.75, 3.05) is 11.5 Å². The van der Waals surface area contributed by atoms with Crippen LogP contribution in [0.4, 0.5) is 5.69 Å². The molecule has 13 heavy (non-hydrogen) atoms. The number of aliphatic hydroxyl groups is 1. The largest absolute Gasteiger partial charge is 0.398 e. The molecule has 0 saturated heterocycles. The van der Waals surface area contributed by atoms with Gasteiger partial charge in [-0.2, -0.15) is 0 Å². The lowest BCUT2D eigenvalue weighted by Crippen LogP contribution is -2.02. The molecule has 0 amide bonds. The lowest BCUT2D eigenvalue weighted by Gasteiger charge is -2.07. The molecule has 1 atom stereocenters. The Hall–Kier alpha value is -0.190. The number of thioether (sulfide) groups is 1. The van der Waals surface area contributed by atoms with Crippen molar-refractivity contribution >= 4 is 33.4 Å². The molecule has 72 valence electrons. The van der Waals surface area contributed by atoms with E-state index in [1.54, 1.807) is 18.7 Å². The van der Waals surface area contributed by atoms with Crippen LogP contribution in [0.25, 0.3) is 0 Å². The molecule has 1 unspecified atom stereocenters. The molecule has 0 aliphatic heterocycles. The van der Waals surface area contributed by atoms with Gasteiger partial charge in [0, 0.05) is 20.8 Å². The second-order valence-corrected chi connectivity index (χ2v) is 4.82. The molecule has 0 aliphatic carbocycles. The molecule has 0 heterocycles. The molecule has 0 fully saturated rings. The van der Waals surface area contributed by atoms with Gasteiger partial charge in [-0.15, -0.1) is 11.8 Å². The Kier molecular flexibility index (Phi) is 4.09.